The Labute approximate surface area is 130 Å². The smallest absolute Gasteiger partial charge is 0.226 e. The summed E-state index contributed by atoms with van der Waals surface area (Å²) < 4.78 is 7.16. The highest BCUT2D eigenvalue weighted by Gasteiger charge is 2.14. The van der Waals surface area contributed by atoms with Gasteiger partial charge in [-0.15, -0.1) is 0 Å². The number of ether oxygens (including phenoxy) is 1. The summed E-state index contributed by atoms with van der Waals surface area (Å²) in [6, 6.07) is 7.31. The number of carbonyl (C=O) groups excluding carboxylic acids is 1. The van der Waals surface area contributed by atoms with E-state index >= 15 is 0 Å². The molecule has 0 bridgehead atoms. The van der Waals surface area contributed by atoms with Crippen molar-refractivity contribution in [3.8, 4) is 5.75 Å². The largest absolute Gasteiger partial charge is 0.494 e. The number of aryl methyl sites for hydroxylation is 2. The number of hydrogen-bond donors (Lipinski definition) is 1. The molecule has 2 aromatic rings. The lowest BCUT2D eigenvalue weighted by atomic mass is 10.2. The van der Waals surface area contributed by atoms with Crippen molar-refractivity contribution in [1.29, 1.82) is 0 Å². The monoisotopic (exact) mass is 302 g/mol. The zero-order chi connectivity index (χ0) is 16.1. The molecule has 1 aromatic heterocycles. The van der Waals surface area contributed by atoms with Crippen LogP contribution in [0.3, 0.4) is 0 Å². The van der Waals surface area contributed by atoms with E-state index in [0.717, 1.165) is 23.1 Å². The Balaban J connectivity index is 1.93. The highest BCUT2D eigenvalue weighted by atomic mass is 16.5. The minimum absolute atomic E-state index is 0.0381. The van der Waals surface area contributed by atoms with E-state index in [4.69, 9.17) is 4.74 Å². The van der Waals surface area contributed by atoms with Gasteiger partial charge in [-0.05, 0) is 52.0 Å². The number of amides is 1. The maximum atomic E-state index is 12.1. The Hall–Kier alpha value is -2.37. The van der Waals surface area contributed by atoms with E-state index in [1.165, 1.54) is 0 Å². The van der Waals surface area contributed by atoms with E-state index in [9.17, 15) is 4.79 Å². The summed E-state index contributed by atoms with van der Waals surface area (Å²) >= 11 is 0. The van der Waals surface area contributed by atoms with Crippen LogP contribution in [-0.4, -0.2) is 27.3 Å². The van der Waals surface area contributed by atoms with E-state index in [0.29, 0.717) is 13.0 Å². The minimum atomic E-state index is -0.0517. The molecule has 1 amide bonds. The summed E-state index contributed by atoms with van der Waals surface area (Å²) in [7, 11) is 0. The molecule has 0 saturated carbocycles. The normalized spacial score (nSPS) is 12.0. The molecule has 22 heavy (non-hydrogen) atoms. The zero-order valence-corrected chi connectivity index (χ0v) is 13.5. The van der Waals surface area contributed by atoms with Crippen molar-refractivity contribution in [3.63, 3.8) is 0 Å². The van der Waals surface area contributed by atoms with Crippen LogP contribution in [0, 0.1) is 13.8 Å². The molecule has 6 nitrogen and oxygen atoms in total. The number of anilines is 1. The molecule has 0 aliphatic heterocycles. The molecular formula is C16H22N4O2. The van der Waals surface area contributed by atoms with Crippen LogP contribution in [0.15, 0.2) is 24.3 Å². The third kappa shape index (κ3) is 4.07. The maximum Gasteiger partial charge on any atom is 0.226 e. The van der Waals surface area contributed by atoms with Gasteiger partial charge in [-0.1, -0.05) is 0 Å². The van der Waals surface area contributed by atoms with Crippen LogP contribution in [0.5, 0.6) is 5.75 Å². The summed E-state index contributed by atoms with van der Waals surface area (Å²) in [5, 5.41) is 7.19. The molecule has 1 N–H and O–H groups in total. The Bertz CT molecular complexity index is 634. The maximum absolute atomic E-state index is 12.1. The van der Waals surface area contributed by atoms with Gasteiger partial charge in [0, 0.05) is 12.1 Å². The second-order valence-electron chi connectivity index (χ2n) is 5.21. The third-order valence-electron chi connectivity index (χ3n) is 3.26. The van der Waals surface area contributed by atoms with Gasteiger partial charge in [-0.25, -0.2) is 9.67 Å². The second kappa shape index (κ2) is 7.06. The quantitative estimate of drug-likeness (QED) is 0.891. The lowest BCUT2D eigenvalue weighted by Crippen LogP contribution is -2.19. The molecule has 6 heteroatoms. The summed E-state index contributed by atoms with van der Waals surface area (Å²) in [6.45, 7) is 8.25. The number of nitrogens with one attached hydrogen (secondary N) is 1. The van der Waals surface area contributed by atoms with Crippen LogP contribution in [0.4, 0.5) is 5.69 Å². The molecule has 0 fully saturated rings. The Kier molecular flexibility index (Phi) is 5.14. The SMILES string of the molecule is CCOc1ccc(NC(=O)CC(C)n2nc(C)nc2C)cc1. The van der Waals surface area contributed by atoms with E-state index in [1.807, 2.05) is 52.0 Å². The Morgan fingerprint density at radius 3 is 2.55 bits per heavy atom. The first-order chi connectivity index (χ1) is 10.5. The van der Waals surface area contributed by atoms with E-state index < -0.39 is 0 Å². The third-order valence-corrected chi connectivity index (χ3v) is 3.26. The van der Waals surface area contributed by atoms with E-state index in [1.54, 1.807) is 4.68 Å². The number of hydrogen-bond acceptors (Lipinski definition) is 4. The Morgan fingerprint density at radius 2 is 2.00 bits per heavy atom. The molecule has 0 aliphatic carbocycles. The Morgan fingerprint density at radius 1 is 1.32 bits per heavy atom. The zero-order valence-electron chi connectivity index (χ0n) is 13.5. The molecule has 118 valence electrons. The van der Waals surface area contributed by atoms with Crippen LogP contribution >= 0.6 is 0 Å². The average Bonchev–Trinajstić information content (AvgIpc) is 2.80. The van der Waals surface area contributed by atoms with Crippen LogP contribution in [-0.2, 0) is 4.79 Å². The van der Waals surface area contributed by atoms with Gasteiger partial charge in [-0.3, -0.25) is 4.79 Å². The lowest BCUT2D eigenvalue weighted by molar-refractivity contribution is -0.116. The van der Waals surface area contributed by atoms with Crippen molar-refractivity contribution in [2.45, 2.75) is 40.2 Å². The van der Waals surface area contributed by atoms with Gasteiger partial charge in [-0.2, -0.15) is 5.10 Å². The lowest BCUT2D eigenvalue weighted by Gasteiger charge is -2.13. The highest BCUT2D eigenvalue weighted by Crippen LogP contribution is 2.17. The van der Waals surface area contributed by atoms with Gasteiger partial charge < -0.3 is 10.1 Å². The van der Waals surface area contributed by atoms with Gasteiger partial charge >= 0.3 is 0 Å². The first-order valence-electron chi connectivity index (χ1n) is 7.42. The van der Waals surface area contributed by atoms with Gasteiger partial charge in [0.15, 0.2) is 0 Å². The molecule has 0 spiro atoms. The number of aromatic nitrogens is 3. The minimum Gasteiger partial charge on any atom is -0.494 e. The second-order valence-corrected chi connectivity index (χ2v) is 5.21. The predicted octanol–water partition coefficient (Wildman–Crippen LogP) is 2.88. The molecule has 2 rings (SSSR count). The molecule has 0 saturated heterocycles. The van der Waals surface area contributed by atoms with Crippen molar-refractivity contribution >= 4 is 11.6 Å². The summed E-state index contributed by atoms with van der Waals surface area (Å²) in [5.41, 5.74) is 0.757. The predicted molar refractivity (Wildman–Crippen MR) is 85.1 cm³/mol. The van der Waals surface area contributed by atoms with Gasteiger partial charge in [0.2, 0.25) is 5.91 Å². The molecule has 1 heterocycles. The number of benzene rings is 1. The van der Waals surface area contributed by atoms with E-state index in [2.05, 4.69) is 15.4 Å². The van der Waals surface area contributed by atoms with Gasteiger partial charge in [0.1, 0.15) is 17.4 Å². The summed E-state index contributed by atoms with van der Waals surface area (Å²) in [4.78, 5) is 16.4. The fourth-order valence-corrected chi connectivity index (χ4v) is 2.32. The number of nitrogens with zero attached hydrogens (tertiary/aromatic N) is 3. The molecular weight excluding hydrogens is 280 g/mol. The van der Waals surface area contributed by atoms with Crippen LogP contribution in [0.25, 0.3) is 0 Å². The van der Waals surface area contributed by atoms with Crippen molar-refractivity contribution in [2.75, 3.05) is 11.9 Å². The van der Waals surface area contributed by atoms with Crippen molar-refractivity contribution in [2.24, 2.45) is 0 Å². The number of rotatable bonds is 6. The average molecular weight is 302 g/mol. The van der Waals surface area contributed by atoms with Crippen molar-refractivity contribution in [1.82, 2.24) is 14.8 Å². The van der Waals surface area contributed by atoms with Crippen molar-refractivity contribution in [3.05, 3.63) is 35.9 Å². The highest BCUT2D eigenvalue weighted by molar-refractivity contribution is 5.90. The summed E-state index contributed by atoms with van der Waals surface area (Å²) in [6.07, 6.45) is 0.344. The van der Waals surface area contributed by atoms with Crippen LogP contribution in [0.1, 0.15) is 38.0 Å². The fourth-order valence-electron chi connectivity index (χ4n) is 2.32. The first-order valence-corrected chi connectivity index (χ1v) is 7.42. The first kappa shape index (κ1) is 16.0. The number of carbonyl (C=O) groups is 1. The van der Waals surface area contributed by atoms with Crippen molar-refractivity contribution < 1.29 is 9.53 Å². The topological polar surface area (TPSA) is 69.0 Å². The molecule has 1 unspecified atom stereocenters. The molecule has 0 aliphatic rings. The molecule has 1 aromatic carbocycles. The molecule has 1 atom stereocenters. The standard InChI is InChI=1S/C16H22N4O2/c1-5-22-15-8-6-14(7-9-15)18-16(21)10-11(2)20-13(4)17-12(3)19-20/h6-9,11H,5,10H2,1-4H3,(H,18,21). The van der Waals surface area contributed by atoms with Gasteiger partial charge in [0.05, 0.1) is 12.6 Å². The summed E-state index contributed by atoms with van der Waals surface area (Å²) in [5.74, 6) is 2.28. The van der Waals surface area contributed by atoms with Gasteiger partial charge in [0.25, 0.3) is 0 Å². The van der Waals surface area contributed by atoms with Crippen LogP contribution in [0.2, 0.25) is 0 Å². The van der Waals surface area contributed by atoms with E-state index in [-0.39, 0.29) is 11.9 Å². The molecule has 0 radical (unpaired) electrons. The fraction of sp³-hybridized carbons (Fsp3) is 0.438. The van der Waals surface area contributed by atoms with Crippen LogP contribution < -0.4 is 10.1 Å².